The Bertz CT molecular complexity index is 1570. The number of aromatic amines is 1. The minimum atomic E-state index is -1.74. The highest BCUT2D eigenvalue weighted by atomic mass is 16.4. The molecular formula is C33H51N9O11. The number of benzene rings is 1. The Morgan fingerprint density at radius 1 is 0.717 bits per heavy atom. The van der Waals surface area contributed by atoms with Crippen LogP contribution in [0.25, 0.3) is 10.9 Å². The van der Waals surface area contributed by atoms with E-state index in [4.69, 9.17) is 11.5 Å². The summed E-state index contributed by atoms with van der Waals surface area (Å²) >= 11 is 0. The third-order valence-electron chi connectivity index (χ3n) is 8.20. The highest BCUT2D eigenvalue weighted by Gasteiger charge is 2.32. The summed E-state index contributed by atoms with van der Waals surface area (Å²) in [6, 6.07) is -1.29. The number of hydrogen-bond acceptors (Lipinski definition) is 12. The lowest BCUT2D eigenvalue weighted by molar-refractivity contribution is -0.142. The Balaban J connectivity index is 2.06. The number of amides is 6. The summed E-state index contributed by atoms with van der Waals surface area (Å²) in [5.74, 6) is -7.23. The molecule has 15 N–H and O–H groups in total. The number of H-pyrrole nitrogens is 1. The van der Waals surface area contributed by atoms with Crippen LogP contribution in [0.3, 0.4) is 0 Å². The molecule has 0 unspecified atom stereocenters. The Labute approximate surface area is 305 Å². The van der Waals surface area contributed by atoms with Gasteiger partial charge in [0.1, 0.15) is 30.2 Å². The minimum Gasteiger partial charge on any atom is -0.480 e. The highest BCUT2D eigenvalue weighted by molar-refractivity contribution is 5.97. The Morgan fingerprint density at radius 2 is 1.25 bits per heavy atom. The topological polar surface area (TPSA) is 340 Å². The molecule has 1 aromatic carbocycles. The standard InChI is InChI=1S/C33H51N9O11/c1-17(2)27(35)32(51)39-22(11-18-12-36-20-8-4-3-7-19(18)20)29(48)41-24(15-44)31(50)42-25(16-45)30(49)40-23(14-43)28(47)37-13-26(46)38-21(33(52)53)9-5-6-10-34/h3-4,7-8,12,17,21-25,27,36,43-45H,5-6,9-11,13-16,34-35H2,1-2H3,(H,37,47)(H,38,46)(H,39,51)(H,40,49)(H,41,48)(H,42,50)(H,52,53)/t21-,22-,23-,24-,25-,27-/m0/s1. The molecule has 53 heavy (non-hydrogen) atoms. The molecule has 0 radical (unpaired) electrons. The number of aliphatic carboxylic acids is 1. The second kappa shape index (κ2) is 22.0. The second-order valence-corrected chi connectivity index (χ2v) is 12.6. The summed E-state index contributed by atoms with van der Waals surface area (Å²) in [4.78, 5) is 91.7. The van der Waals surface area contributed by atoms with Crippen molar-refractivity contribution in [3.63, 3.8) is 0 Å². The van der Waals surface area contributed by atoms with Gasteiger partial charge in [0.05, 0.1) is 32.4 Å². The largest absolute Gasteiger partial charge is 0.480 e. The summed E-state index contributed by atoms with van der Waals surface area (Å²) in [5, 5.41) is 53.2. The summed E-state index contributed by atoms with van der Waals surface area (Å²) in [6.07, 6.45) is 2.71. The molecule has 2 rings (SSSR count). The number of hydrogen-bond donors (Lipinski definition) is 13. The van der Waals surface area contributed by atoms with Crippen LogP contribution in [0.4, 0.5) is 0 Å². The molecule has 0 aliphatic heterocycles. The zero-order valence-electron chi connectivity index (χ0n) is 29.6. The number of nitrogens with one attached hydrogen (secondary N) is 7. The molecule has 0 saturated carbocycles. The van der Waals surface area contributed by atoms with E-state index in [-0.39, 0.29) is 18.8 Å². The van der Waals surface area contributed by atoms with E-state index >= 15 is 0 Å². The third-order valence-corrected chi connectivity index (χ3v) is 8.20. The smallest absolute Gasteiger partial charge is 0.326 e. The Morgan fingerprint density at radius 3 is 1.77 bits per heavy atom. The van der Waals surface area contributed by atoms with E-state index in [1.165, 1.54) is 0 Å². The Hall–Kier alpha value is -5.15. The number of aromatic nitrogens is 1. The number of carboxylic acid groups (broad SMARTS) is 1. The van der Waals surface area contributed by atoms with Crippen molar-refractivity contribution < 1.29 is 54.0 Å². The molecule has 0 aliphatic rings. The molecule has 0 bridgehead atoms. The summed E-state index contributed by atoms with van der Waals surface area (Å²) in [5.41, 5.74) is 12.8. The fraction of sp³-hybridized carbons (Fsp3) is 0.545. The third kappa shape index (κ3) is 13.7. The molecule has 20 nitrogen and oxygen atoms in total. The fourth-order valence-corrected chi connectivity index (χ4v) is 4.99. The number of aliphatic hydroxyl groups excluding tert-OH is 3. The second-order valence-electron chi connectivity index (χ2n) is 12.6. The number of nitrogens with two attached hydrogens (primary N) is 2. The summed E-state index contributed by atoms with van der Waals surface area (Å²) in [7, 11) is 0. The molecule has 2 aromatic rings. The molecule has 6 amide bonds. The van der Waals surface area contributed by atoms with E-state index in [9.17, 15) is 54.0 Å². The van der Waals surface area contributed by atoms with Crippen LogP contribution in [0, 0.1) is 5.92 Å². The molecule has 0 spiro atoms. The molecule has 1 heterocycles. The zero-order chi connectivity index (χ0) is 39.7. The monoisotopic (exact) mass is 749 g/mol. The number of rotatable bonds is 23. The van der Waals surface area contributed by atoms with Crippen molar-refractivity contribution in [3.05, 3.63) is 36.0 Å². The van der Waals surface area contributed by atoms with Gasteiger partial charge in [0.25, 0.3) is 0 Å². The molecular weight excluding hydrogens is 698 g/mol. The van der Waals surface area contributed by atoms with E-state index in [0.717, 1.165) is 10.9 Å². The number of aliphatic hydroxyl groups is 3. The molecule has 0 aliphatic carbocycles. The van der Waals surface area contributed by atoms with Gasteiger partial charge in [0.15, 0.2) is 0 Å². The van der Waals surface area contributed by atoms with Crippen LogP contribution in [-0.2, 0) is 40.0 Å². The van der Waals surface area contributed by atoms with Gasteiger partial charge in [-0.3, -0.25) is 28.8 Å². The minimum absolute atomic E-state index is 0.0327. The highest BCUT2D eigenvalue weighted by Crippen LogP contribution is 2.19. The van der Waals surface area contributed by atoms with Crippen LogP contribution in [-0.4, -0.2) is 136 Å². The number of unbranched alkanes of at least 4 members (excludes halogenated alkanes) is 1. The maximum atomic E-state index is 13.5. The summed E-state index contributed by atoms with van der Waals surface area (Å²) < 4.78 is 0. The van der Waals surface area contributed by atoms with Crippen LogP contribution in [0.1, 0.15) is 38.7 Å². The lowest BCUT2D eigenvalue weighted by atomic mass is 10.0. The van der Waals surface area contributed by atoms with Gasteiger partial charge >= 0.3 is 5.97 Å². The average Bonchev–Trinajstić information content (AvgIpc) is 3.54. The van der Waals surface area contributed by atoms with E-state index in [1.54, 1.807) is 26.1 Å². The van der Waals surface area contributed by atoms with Crippen molar-refractivity contribution in [1.29, 1.82) is 0 Å². The number of para-hydroxylation sites is 1. The lowest BCUT2D eigenvalue weighted by Crippen LogP contribution is -2.61. The van der Waals surface area contributed by atoms with Crippen molar-refractivity contribution in [3.8, 4) is 0 Å². The number of carboxylic acids is 1. The van der Waals surface area contributed by atoms with Crippen molar-refractivity contribution >= 4 is 52.3 Å². The van der Waals surface area contributed by atoms with E-state index in [2.05, 4.69) is 36.9 Å². The van der Waals surface area contributed by atoms with E-state index < -0.39 is 104 Å². The zero-order valence-corrected chi connectivity index (χ0v) is 29.6. The number of fused-ring (bicyclic) bond motifs is 1. The first kappa shape index (κ1) is 44.0. The van der Waals surface area contributed by atoms with E-state index in [0.29, 0.717) is 24.9 Å². The van der Waals surface area contributed by atoms with Gasteiger partial charge in [0, 0.05) is 23.5 Å². The molecule has 0 fully saturated rings. The molecule has 1 aromatic heterocycles. The van der Waals surface area contributed by atoms with Crippen LogP contribution < -0.4 is 43.4 Å². The molecule has 6 atom stereocenters. The predicted molar refractivity (Wildman–Crippen MR) is 189 cm³/mol. The van der Waals surface area contributed by atoms with Crippen LogP contribution >= 0.6 is 0 Å². The van der Waals surface area contributed by atoms with Gasteiger partial charge in [-0.2, -0.15) is 0 Å². The fourth-order valence-electron chi connectivity index (χ4n) is 4.99. The van der Waals surface area contributed by atoms with Crippen molar-refractivity contribution in [1.82, 2.24) is 36.9 Å². The molecule has 0 saturated heterocycles. The SMILES string of the molecule is CC(C)[C@H](N)C(=O)N[C@@H](Cc1c[nH]c2ccccc12)C(=O)N[C@@H](CO)C(=O)N[C@@H](CO)C(=O)N[C@@H](CO)C(=O)NCC(=O)N[C@@H](CCCCN)C(=O)O. The first-order valence-electron chi connectivity index (χ1n) is 17.0. The van der Waals surface area contributed by atoms with Gasteiger partial charge in [-0.05, 0) is 43.4 Å². The predicted octanol–water partition coefficient (Wildman–Crippen LogP) is -4.58. The van der Waals surface area contributed by atoms with Crippen LogP contribution in [0.15, 0.2) is 30.5 Å². The van der Waals surface area contributed by atoms with Crippen LogP contribution in [0.5, 0.6) is 0 Å². The normalized spacial score (nSPS) is 14.6. The lowest BCUT2D eigenvalue weighted by Gasteiger charge is -2.25. The first-order valence-corrected chi connectivity index (χ1v) is 17.0. The molecule has 20 heteroatoms. The van der Waals surface area contributed by atoms with Gasteiger partial charge < -0.3 is 68.8 Å². The first-order chi connectivity index (χ1) is 25.2. The Kier molecular flexibility index (Phi) is 18.3. The maximum Gasteiger partial charge on any atom is 0.326 e. The van der Waals surface area contributed by atoms with Gasteiger partial charge in [-0.25, -0.2) is 4.79 Å². The number of carbonyl (C=O) groups excluding carboxylic acids is 6. The van der Waals surface area contributed by atoms with E-state index in [1.807, 2.05) is 18.2 Å². The van der Waals surface area contributed by atoms with Crippen molar-refractivity contribution in [2.75, 3.05) is 32.9 Å². The van der Waals surface area contributed by atoms with Gasteiger partial charge in [0.2, 0.25) is 35.4 Å². The molecule has 294 valence electrons. The average molecular weight is 750 g/mol. The summed E-state index contributed by atoms with van der Waals surface area (Å²) in [6.45, 7) is 0.135. The van der Waals surface area contributed by atoms with Crippen LogP contribution in [0.2, 0.25) is 0 Å². The maximum absolute atomic E-state index is 13.5. The van der Waals surface area contributed by atoms with Gasteiger partial charge in [-0.1, -0.05) is 32.0 Å². The number of carbonyl (C=O) groups is 7. The van der Waals surface area contributed by atoms with Gasteiger partial charge in [-0.15, -0.1) is 0 Å². The van der Waals surface area contributed by atoms with Crippen molar-refractivity contribution in [2.45, 2.75) is 75.8 Å². The van der Waals surface area contributed by atoms with Crippen molar-refractivity contribution in [2.24, 2.45) is 17.4 Å². The quantitative estimate of drug-likeness (QED) is 0.0477.